The molecule has 6 heteroatoms. The van der Waals surface area contributed by atoms with Gasteiger partial charge in [0.1, 0.15) is 6.04 Å². The Hall–Kier alpha value is -0.880. The Morgan fingerprint density at radius 2 is 2.18 bits per heavy atom. The van der Waals surface area contributed by atoms with Gasteiger partial charge in [0, 0.05) is 6.04 Å². The number of thiophene rings is 1. The molecule has 1 aliphatic rings. The zero-order valence-electron chi connectivity index (χ0n) is 9.22. The summed E-state index contributed by atoms with van der Waals surface area (Å²) in [5.41, 5.74) is 0. The first-order valence-electron chi connectivity index (χ1n) is 5.31. The molecule has 1 heterocycles. The maximum atomic E-state index is 12.2. The minimum atomic E-state index is -0.958. The van der Waals surface area contributed by atoms with Crippen LogP contribution in [0.25, 0.3) is 0 Å². The molecule has 2 rings (SSSR count). The number of hydrogen-bond donors (Lipinski definition) is 1. The molecule has 4 nitrogen and oxygen atoms in total. The summed E-state index contributed by atoms with van der Waals surface area (Å²) in [6.45, 7) is 1.56. The van der Waals surface area contributed by atoms with Crippen molar-refractivity contribution in [3.8, 4) is 0 Å². The van der Waals surface area contributed by atoms with E-state index in [4.69, 9.17) is 5.11 Å². The molecule has 1 aromatic rings. The molecule has 1 atom stereocenters. The van der Waals surface area contributed by atoms with Crippen LogP contribution in [0.5, 0.6) is 0 Å². The van der Waals surface area contributed by atoms with Crippen molar-refractivity contribution in [3.05, 3.63) is 20.8 Å². The number of hydrogen-bond acceptors (Lipinski definition) is 3. The van der Waals surface area contributed by atoms with Gasteiger partial charge in [-0.2, -0.15) is 0 Å². The first-order chi connectivity index (χ1) is 8.00. The maximum absolute atomic E-state index is 12.2. The molecule has 1 aromatic heterocycles. The molecule has 17 heavy (non-hydrogen) atoms. The molecule has 1 amide bonds. The molecular weight excluding hydrogens is 306 g/mol. The van der Waals surface area contributed by atoms with Gasteiger partial charge in [0.25, 0.3) is 5.91 Å². The lowest BCUT2D eigenvalue weighted by Crippen LogP contribution is -2.44. The van der Waals surface area contributed by atoms with Gasteiger partial charge < -0.3 is 10.0 Å². The number of rotatable bonds is 4. The summed E-state index contributed by atoms with van der Waals surface area (Å²) in [4.78, 5) is 25.3. The summed E-state index contributed by atoms with van der Waals surface area (Å²) in [6.07, 6.45) is 1.80. The number of carbonyl (C=O) groups excluding carboxylic acids is 1. The van der Waals surface area contributed by atoms with Crippen molar-refractivity contribution in [2.45, 2.75) is 31.8 Å². The zero-order chi connectivity index (χ0) is 12.6. The van der Waals surface area contributed by atoms with Crippen molar-refractivity contribution in [1.82, 2.24) is 4.90 Å². The van der Waals surface area contributed by atoms with Crippen molar-refractivity contribution < 1.29 is 14.7 Å². The first-order valence-corrected chi connectivity index (χ1v) is 6.92. The molecule has 1 N–H and O–H groups in total. The largest absolute Gasteiger partial charge is 0.480 e. The molecular formula is C11H12BrNO3S. The monoisotopic (exact) mass is 317 g/mol. The standard InChI is InChI=1S/C11H12BrNO3S/c1-6(11(15)16)13(7-2-3-7)10(14)8-4-5-9(12)17-8/h4-7H,2-3H2,1H3,(H,15,16). The van der Waals surface area contributed by atoms with Gasteiger partial charge in [-0.3, -0.25) is 4.79 Å². The minimum Gasteiger partial charge on any atom is -0.480 e. The van der Waals surface area contributed by atoms with E-state index in [1.54, 1.807) is 19.1 Å². The molecule has 0 aromatic carbocycles. The number of aliphatic carboxylic acids is 1. The lowest BCUT2D eigenvalue weighted by molar-refractivity contribution is -0.141. The summed E-state index contributed by atoms with van der Waals surface area (Å²) in [5, 5.41) is 9.03. The van der Waals surface area contributed by atoms with E-state index in [1.807, 2.05) is 0 Å². The highest BCUT2D eigenvalue weighted by atomic mass is 79.9. The zero-order valence-corrected chi connectivity index (χ0v) is 11.6. The van der Waals surface area contributed by atoms with Gasteiger partial charge >= 0.3 is 5.97 Å². The summed E-state index contributed by atoms with van der Waals surface area (Å²) < 4.78 is 0.875. The van der Waals surface area contributed by atoms with Crippen LogP contribution in [-0.2, 0) is 4.79 Å². The average Bonchev–Trinajstić information content (AvgIpc) is 3.00. The lowest BCUT2D eigenvalue weighted by Gasteiger charge is -2.25. The SMILES string of the molecule is CC(C(=O)O)N(C(=O)c1ccc(Br)s1)C1CC1. The molecule has 1 fully saturated rings. The molecule has 1 aliphatic carbocycles. The van der Waals surface area contributed by atoms with Crippen LogP contribution in [0.2, 0.25) is 0 Å². The van der Waals surface area contributed by atoms with Gasteiger partial charge in [-0.15, -0.1) is 11.3 Å². The van der Waals surface area contributed by atoms with Crippen LogP contribution in [0, 0.1) is 0 Å². The van der Waals surface area contributed by atoms with Gasteiger partial charge in [0.05, 0.1) is 8.66 Å². The fourth-order valence-electron chi connectivity index (χ4n) is 1.69. The second-order valence-electron chi connectivity index (χ2n) is 4.06. The van der Waals surface area contributed by atoms with E-state index >= 15 is 0 Å². The second-order valence-corrected chi connectivity index (χ2v) is 6.52. The Bertz CT molecular complexity index is 455. The maximum Gasteiger partial charge on any atom is 0.326 e. The Balaban J connectivity index is 2.21. The number of nitrogens with zero attached hydrogens (tertiary/aromatic N) is 1. The molecule has 0 radical (unpaired) electrons. The van der Waals surface area contributed by atoms with Crippen LogP contribution in [-0.4, -0.2) is 34.0 Å². The van der Waals surface area contributed by atoms with Crippen molar-refractivity contribution in [2.75, 3.05) is 0 Å². The summed E-state index contributed by atoms with van der Waals surface area (Å²) in [7, 11) is 0. The van der Waals surface area contributed by atoms with Crippen LogP contribution in [0.15, 0.2) is 15.9 Å². The third-order valence-corrected chi connectivity index (χ3v) is 4.35. The fourth-order valence-corrected chi connectivity index (χ4v) is 3.02. The van der Waals surface area contributed by atoms with Gasteiger partial charge in [-0.25, -0.2) is 4.79 Å². The van der Waals surface area contributed by atoms with Gasteiger partial charge in [0.2, 0.25) is 0 Å². The van der Waals surface area contributed by atoms with Crippen LogP contribution in [0.1, 0.15) is 29.4 Å². The molecule has 0 saturated heterocycles. The number of carboxylic acid groups (broad SMARTS) is 1. The van der Waals surface area contributed by atoms with Crippen LogP contribution >= 0.6 is 27.3 Å². The van der Waals surface area contributed by atoms with Gasteiger partial charge in [-0.1, -0.05) is 0 Å². The Kier molecular flexibility index (Phi) is 3.53. The predicted octanol–water partition coefficient (Wildman–Crippen LogP) is 2.59. The molecule has 1 saturated carbocycles. The Labute approximate surface area is 111 Å². The van der Waals surface area contributed by atoms with E-state index in [-0.39, 0.29) is 11.9 Å². The van der Waals surface area contributed by atoms with Crippen molar-refractivity contribution in [2.24, 2.45) is 0 Å². The van der Waals surface area contributed by atoms with E-state index in [9.17, 15) is 9.59 Å². The van der Waals surface area contributed by atoms with Crippen molar-refractivity contribution >= 4 is 39.1 Å². The van der Waals surface area contributed by atoms with Crippen LogP contribution in [0.3, 0.4) is 0 Å². The molecule has 0 bridgehead atoms. The fraction of sp³-hybridized carbons (Fsp3) is 0.455. The number of carbonyl (C=O) groups is 2. The predicted molar refractivity (Wildman–Crippen MR) is 68.3 cm³/mol. The molecule has 92 valence electrons. The van der Waals surface area contributed by atoms with Crippen LogP contribution < -0.4 is 0 Å². The highest BCUT2D eigenvalue weighted by Gasteiger charge is 2.39. The summed E-state index contributed by atoms with van der Waals surface area (Å²) in [6, 6.07) is 2.85. The van der Waals surface area contributed by atoms with E-state index in [0.29, 0.717) is 4.88 Å². The first kappa shape index (κ1) is 12.6. The number of carboxylic acids is 1. The van der Waals surface area contributed by atoms with Gasteiger partial charge in [-0.05, 0) is 47.8 Å². The Morgan fingerprint density at radius 3 is 2.59 bits per heavy atom. The molecule has 0 aliphatic heterocycles. The van der Waals surface area contributed by atoms with Gasteiger partial charge in [0.15, 0.2) is 0 Å². The van der Waals surface area contributed by atoms with Crippen molar-refractivity contribution in [1.29, 1.82) is 0 Å². The summed E-state index contributed by atoms with van der Waals surface area (Å²) >= 11 is 4.63. The molecule has 1 unspecified atom stereocenters. The normalized spacial score (nSPS) is 16.6. The van der Waals surface area contributed by atoms with E-state index in [2.05, 4.69) is 15.9 Å². The number of halogens is 1. The van der Waals surface area contributed by atoms with Crippen LogP contribution in [0.4, 0.5) is 0 Å². The second kappa shape index (κ2) is 4.78. The highest BCUT2D eigenvalue weighted by molar-refractivity contribution is 9.11. The summed E-state index contributed by atoms with van der Waals surface area (Å²) in [5.74, 6) is -1.14. The topological polar surface area (TPSA) is 57.6 Å². The van der Waals surface area contributed by atoms with E-state index in [0.717, 1.165) is 16.6 Å². The van der Waals surface area contributed by atoms with Crippen molar-refractivity contribution in [3.63, 3.8) is 0 Å². The smallest absolute Gasteiger partial charge is 0.326 e. The quantitative estimate of drug-likeness (QED) is 0.928. The van der Waals surface area contributed by atoms with E-state index in [1.165, 1.54) is 16.2 Å². The van der Waals surface area contributed by atoms with E-state index < -0.39 is 12.0 Å². The Morgan fingerprint density at radius 1 is 1.53 bits per heavy atom. The molecule has 0 spiro atoms. The number of amides is 1. The average molecular weight is 318 g/mol. The minimum absolute atomic E-state index is 0.0921. The third-order valence-electron chi connectivity index (χ3n) is 2.73. The highest BCUT2D eigenvalue weighted by Crippen LogP contribution is 2.32. The lowest BCUT2D eigenvalue weighted by atomic mass is 10.2. The third kappa shape index (κ3) is 2.69.